The van der Waals surface area contributed by atoms with Crippen molar-refractivity contribution in [2.45, 2.75) is 12.5 Å². The Morgan fingerprint density at radius 1 is 0.714 bits per heavy atom. The number of rotatable bonds is 3. The van der Waals surface area contributed by atoms with Gasteiger partial charge >= 0.3 is 0 Å². The molecule has 0 spiro atoms. The Balaban J connectivity index is 2.06. The zero-order chi connectivity index (χ0) is 14.4. The molecule has 4 aromatic carbocycles. The fourth-order valence-electron chi connectivity index (χ4n) is 3.24. The van der Waals surface area contributed by atoms with Crippen molar-refractivity contribution in [1.82, 2.24) is 0 Å². The van der Waals surface area contributed by atoms with Gasteiger partial charge in [0.05, 0.1) is 0 Å². The van der Waals surface area contributed by atoms with Gasteiger partial charge in [0.15, 0.2) is 0 Å². The predicted molar refractivity (Wildman–Crippen MR) is 96.1 cm³/mol. The summed E-state index contributed by atoms with van der Waals surface area (Å²) in [6.45, 7) is 0. The number of aryl methyl sites for hydroxylation is 1. The smallest absolute Gasteiger partial charge is 0.147 e. The lowest BCUT2D eigenvalue weighted by atomic mass is 9.91. The average Bonchev–Trinajstić information content (AvgIpc) is 2.51. The first-order chi connectivity index (χ1) is 10.2. The van der Waals surface area contributed by atoms with Crippen molar-refractivity contribution < 1.29 is 0 Å². The van der Waals surface area contributed by atoms with E-state index in [1.165, 1.54) is 37.9 Å². The van der Waals surface area contributed by atoms with Crippen LogP contribution in [0.2, 0.25) is 6.04 Å². The van der Waals surface area contributed by atoms with E-state index in [1.807, 2.05) is 0 Å². The van der Waals surface area contributed by atoms with Gasteiger partial charge in [-0.3, -0.25) is 0 Å². The summed E-state index contributed by atoms with van der Waals surface area (Å²) in [5.41, 5.74) is 1.35. The molecule has 0 fully saturated rings. The summed E-state index contributed by atoms with van der Waals surface area (Å²) in [5.74, 6) is 0. The first-order valence-electron chi connectivity index (χ1n) is 7.06. The van der Waals surface area contributed by atoms with Gasteiger partial charge in [0.25, 0.3) is 7.42 Å². The molecular weight excluding hydrogens is 315 g/mol. The minimum atomic E-state index is -1.22. The molecule has 3 heteroatoms. The zero-order valence-electron chi connectivity index (χ0n) is 11.4. The number of hydrogen-bond donors (Lipinski definition) is 0. The predicted octanol–water partition coefficient (Wildman–Crippen LogP) is 6.09. The molecule has 0 aromatic heterocycles. The molecule has 0 saturated heterocycles. The van der Waals surface area contributed by atoms with Crippen LogP contribution < -0.4 is 0 Å². The van der Waals surface area contributed by atoms with Crippen LogP contribution in [0, 0.1) is 0 Å². The highest BCUT2D eigenvalue weighted by atomic mass is 35.7. The standard InChI is InChI=1S/C18H13Cl2Si/c19-21(20)11-10-12-4-5-15-7-6-13-2-1-3-14-8-9-16(12)18(15)17(13)14/h1-9H,10-11H2. The van der Waals surface area contributed by atoms with Crippen LogP contribution in [0.3, 0.4) is 0 Å². The summed E-state index contributed by atoms with van der Waals surface area (Å²) in [4.78, 5) is 0. The topological polar surface area (TPSA) is 0 Å². The van der Waals surface area contributed by atoms with Gasteiger partial charge in [-0.05, 0) is 50.3 Å². The molecule has 4 rings (SSSR count). The molecule has 0 aliphatic heterocycles. The van der Waals surface area contributed by atoms with Crippen molar-refractivity contribution in [1.29, 1.82) is 0 Å². The molecule has 0 nitrogen and oxygen atoms in total. The maximum absolute atomic E-state index is 6.00. The van der Waals surface area contributed by atoms with Crippen LogP contribution in [0.25, 0.3) is 32.3 Å². The molecule has 4 aromatic rings. The van der Waals surface area contributed by atoms with Crippen LogP contribution in [0.1, 0.15) is 5.56 Å². The molecule has 0 saturated carbocycles. The van der Waals surface area contributed by atoms with Gasteiger partial charge in [-0.2, -0.15) is 0 Å². The van der Waals surface area contributed by atoms with Crippen LogP contribution >= 0.6 is 22.2 Å². The second kappa shape index (κ2) is 5.17. The van der Waals surface area contributed by atoms with E-state index >= 15 is 0 Å². The van der Waals surface area contributed by atoms with E-state index in [0.29, 0.717) is 0 Å². The third kappa shape index (κ3) is 2.20. The Morgan fingerprint density at radius 3 is 2.05 bits per heavy atom. The summed E-state index contributed by atoms with van der Waals surface area (Å²) < 4.78 is 0. The summed E-state index contributed by atoms with van der Waals surface area (Å²) in [7, 11) is -1.22. The summed E-state index contributed by atoms with van der Waals surface area (Å²) >= 11 is 12.0. The number of hydrogen-bond acceptors (Lipinski definition) is 0. The van der Waals surface area contributed by atoms with Crippen LogP contribution in [0.4, 0.5) is 0 Å². The highest BCUT2D eigenvalue weighted by Crippen LogP contribution is 2.36. The van der Waals surface area contributed by atoms with Gasteiger partial charge in [0, 0.05) is 0 Å². The molecule has 0 unspecified atom stereocenters. The molecule has 1 radical (unpaired) electrons. The van der Waals surface area contributed by atoms with E-state index in [9.17, 15) is 0 Å². The molecule has 103 valence electrons. The lowest BCUT2D eigenvalue weighted by Crippen LogP contribution is -1.96. The Labute approximate surface area is 134 Å². The van der Waals surface area contributed by atoms with Crippen molar-refractivity contribution in [2.24, 2.45) is 0 Å². The SMILES string of the molecule is Cl[Si](Cl)CCc1ccc2ccc3cccc4ccc1c2c34. The molecule has 0 atom stereocenters. The minimum absolute atomic E-state index is 0.887. The quantitative estimate of drug-likeness (QED) is 0.242. The number of benzene rings is 4. The van der Waals surface area contributed by atoms with Crippen LogP contribution in [-0.4, -0.2) is 7.42 Å². The summed E-state index contributed by atoms with van der Waals surface area (Å²) in [5, 5.41) is 8.01. The molecule has 0 bridgehead atoms. The van der Waals surface area contributed by atoms with Crippen molar-refractivity contribution in [3.63, 3.8) is 0 Å². The summed E-state index contributed by atoms with van der Waals surface area (Å²) in [6, 6.07) is 20.7. The second-order valence-electron chi connectivity index (χ2n) is 5.42. The molecule has 0 N–H and O–H groups in total. The fraction of sp³-hybridized carbons (Fsp3) is 0.111. The van der Waals surface area contributed by atoms with Crippen LogP contribution in [-0.2, 0) is 6.42 Å². The maximum Gasteiger partial charge on any atom is 0.274 e. The Hall–Kier alpha value is -1.28. The van der Waals surface area contributed by atoms with E-state index in [1.54, 1.807) is 0 Å². The van der Waals surface area contributed by atoms with Crippen LogP contribution in [0.15, 0.2) is 54.6 Å². The van der Waals surface area contributed by atoms with Crippen molar-refractivity contribution in [3.05, 3.63) is 60.2 Å². The molecule has 21 heavy (non-hydrogen) atoms. The average molecular weight is 328 g/mol. The normalized spacial score (nSPS) is 12.1. The highest BCUT2D eigenvalue weighted by molar-refractivity contribution is 7.33. The first kappa shape index (κ1) is 13.4. The largest absolute Gasteiger partial charge is 0.274 e. The van der Waals surface area contributed by atoms with Gasteiger partial charge in [0.1, 0.15) is 0 Å². The molecular formula is C18H13Cl2Si. The minimum Gasteiger partial charge on any atom is -0.147 e. The van der Waals surface area contributed by atoms with E-state index in [2.05, 4.69) is 54.6 Å². The van der Waals surface area contributed by atoms with E-state index < -0.39 is 7.42 Å². The Bertz CT molecular complexity index is 915. The Morgan fingerprint density at radius 2 is 1.33 bits per heavy atom. The van der Waals surface area contributed by atoms with E-state index in [0.717, 1.165) is 12.5 Å². The van der Waals surface area contributed by atoms with Gasteiger partial charge in [-0.25, -0.2) is 0 Å². The van der Waals surface area contributed by atoms with Crippen LogP contribution in [0.5, 0.6) is 0 Å². The van der Waals surface area contributed by atoms with E-state index in [-0.39, 0.29) is 0 Å². The monoisotopic (exact) mass is 327 g/mol. The van der Waals surface area contributed by atoms with Crippen molar-refractivity contribution >= 4 is 61.9 Å². The molecule has 0 heterocycles. The first-order valence-corrected chi connectivity index (χ1v) is 10.8. The third-order valence-electron chi connectivity index (χ3n) is 4.20. The van der Waals surface area contributed by atoms with Gasteiger partial charge in [0.2, 0.25) is 0 Å². The Kier molecular flexibility index (Phi) is 3.29. The van der Waals surface area contributed by atoms with Gasteiger partial charge in [-0.15, -0.1) is 22.2 Å². The highest BCUT2D eigenvalue weighted by Gasteiger charge is 2.11. The molecule has 0 aliphatic rings. The van der Waals surface area contributed by atoms with E-state index in [4.69, 9.17) is 22.2 Å². The molecule has 0 aliphatic carbocycles. The number of halogens is 2. The maximum atomic E-state index is 6.00. The van der Waals surface area contributed by atoms with Crippen molar-refractivity contribution in [2.75, 3.05) is 0 Å². The van der Waals surface area contributed by atoms with Gasteiger partial charge < -0.3 is 0 Å². The van der Waals surface area contributed by atoms with Gasteiger partial charge in [-0.1, -0.05) is 54.6 Å². The lowest BCUT2D eigenvalue weighted by molar-refractivity contribution is 1.15. The zero-order valence-corrected chi connectivity index (χ0v) is 13.9. The molecule has 0 amide bonds. The van der Waals surface area contributed by atoms with Crippen molar-refractivity contribution in [3.8, 4) is 0 Å². The third-order valence-corrected chi connectivity index (χ3v) is 5.96. The second-order valence-corrected chi connectivity index (χ2v) is 9.91. The lowest BCUT2D eigenvalue weighted by Gasteiger charge is -2.13. The summed E-state index contributed by atoms with van der Waals surface area (Å²) in [6.07, 6.45) is 0.954. The fourth-order valence-corrected chi connectivity index (χ4v) is 4.27.